The number of hydrogen-bond donors (Lipinski definition) is 0. The summed E-state index contributed by atoms with van der Waals surface area (Å²) in [6.07, 6.45) is 5.09. The predicted octanol–water partition coefficient (Wildman–Crippen LogP) is 1.56. The van der Waals surface area contributed by atoms with Crippen LogP contribution in [0.25, 0.3) is 0 Å². The van der Waals surface area contributed by atoms with Gasteiger partial charge in [-0.2, -0.15) is 0 Å². The molecule has 2 heteroatoms. The van der Waals surface area contributed by atoms with Crippen molar-refractivity contribution in [1.29, 1.82) is 0 Å². The molecule has 0 aliphatic heterocycles. The molecule has 10 heavy (non-hydrogen) atoms. The highest BCUT2D eigenvalue weighted by atomic mass is 16.5. The molecular formula is C8H14O2. The molecule has 0 saturated carbocycles. The first-order chi connectivity index (χ1) is 4.85. The molecule has 58 valence electrons. The van der Waals surface area contributed by atoms with Crippen molar-refractivity contribution in [2.24, 2.45) is 0 Å². The quantitative estimate of drug-likeness (QED) is 0.430. The summed E-state index contributed by atoms with van der Waals surface area (Å²) in [4.78, 5) is 10.1. The fourth-order valence-electron chi connectivity index (χ4n) is 0.726. The number of carbonyl (C=O) groups is 1. The maximum Gasteiger partial charge on any atom is 0.122 e. The third-order valence-electron chi connectivity index (χ3n) is 1.12. The summed E-state index contributed by atoms with van der Waals surface area (Å²) in [6.45, 7) is 4.49. The summed E-state index contributed by atoms with van der Waals surface area (Å²) in [5.74, 6) is 0. The second-order valence-electron chi connectivity index (χ2n) is 1.92. The van der Waals surface area contributed by atoms with Crippen molar-refractivity contribution in [3.05, 3.63) is 12.2 Å². The van der Waals surface area contributed by atoms with Gasteiger partial charge in [-0.15, -0.1) is 0 Å². The molecule has 0 aliphatic rings. The normalized spacial score (nSPS) is 13.8. The second kappa shape index (κ2) is 6.49. The van der Waals surface area contributed by atoms with Crippen molar-refractivity contribution < 1.29 is 9.53 Å². The van der Waals surface area contributed by atoms with Gasteiger partial charge in [0, 0.05) is 13.0 Å². The van der Waals surface area contributed by atoms with E-state index in [9.17, 15) is 4.79 Å². The minimum atomic E-state index is -0.0208. The lowest BCUT2D eigenvalue weighted by molar-refractivity contribution is -0.109. The first-order valence-electron chi connectivity index (χ1n) is 3.53. The number of carbonyl (C=O) groups excluding carboxylic acids is 1. The molecule has 0 bridgehead atoms. The van der Waals surface area contributed by atoms with Crippen LogP contribution in [0.2, 0.25) is 0 Å². The Balaban J connectivity index is 3.60. The zero-order chi connectivity index (χ0) is 7.82. The molecular weight excluding hydrogens is 128 g/mol. The molecule has 0 rings (SSSR count). The van der Waals surface area contributed by atoms with Crippen LogP contribution in [0, 0.1) is 0 Å². The monoisotopic (exact) mass is 142 g/mol. The van der Waals surface area contributed by atoms with Gasteiger partial charge in [-0.3, -0.25) is 0 Å². The van der Waals surface area contributed by atoms with Gasteiger partial charge in [0.05, 0.1) is 6.10 Å². The van der Waals surface area contributed by atoms with E-state index in [-0.39, 0.29) is 6.10 Å². The van der Waals surface area contributed by atoms with Crippen molar-refractivity contribution >= 4 is 6.29 Å². The topological polar surface area (TPSA) is 26.3 Å². The Bertz CT molecular complexity index is 108. The van der Waals surface area contributed by atoms with Crippen LogP contribution in [0.15, 0.2) is 12.2 Å². The lowest BCUT2D eigenvalue weighted by Crippen LogP contribution is -2.09. The van der Waals surface area contributed by atoms with Gasteiger partial charge in [-0.25, -0.2) is 0 Å². The van der Waals surface area contributed by atoms with Crippen LogP contribution in [0.3, 0.4) is 0 Å². The van der Waals surface area contributed by atoms with Crippen LogP contribution in [-0.2, 0) is 9.53 Å². The standard InChI is InChI=1S/C8H14O2/c1-3-5-8(6-7-9)10-4-2/h3,5,7-8H,4,6H2,1-2H3. The lowest BCUT2D eigenvalue weighted by Gasteiger charge is -2.07. The van der Waals surface area contributed by atoms with E-state index in [0.717, 1.165) is 6.29 Å². The third kappa shape index (κ3) is 4.27. The number of rotatable bonds is 5. The van der Waals surface area contributed by atoms with Crippen LogP contribution in [0.5, 0.6) is 0 Å². The molecule has 0 aliphatic carbocycles. The molecule has 2 nitrogen and oxygen atoms in total. The average molecular weight is 142 g/mol. The molecule has 0 amide bonds. The van der Waals surface area contributed by atoms with Gasteiger partial charge in [0.15, 0.2) is 0 Å². The van der Waals surface area contributed by atoms with Gasteiger partial charge < -0.3 is 9.53 Å². The van der Waals surface area contributed by atoms with Gasteiger partial charge in [0.1, 0.15) is 6.29 Å². The SMILES string of the molecule is CC=CC(CC=O)OCC. The molecule has 0 fully saturated rings. The summed E-state index contributed by atoms with van der Waals surface area (Å²) >= 11 is 0. The number of ether oxygens (including phenoxy) is 1. The van der Waals surface area contributed by atoms with E-state index < -0.39 is 0 Å². The number of hydrogen-bond acceptors (Lipinski definition) is 2. The van der Waals surface area contributed by atoms with Crippen LogP contribution >= 0.6 is 0 Å². The van der Waals surface area contributed by atoms with Gasteiger partial charge in [-0.1, -0.05) is 12.2 Å². The van der Waals surface area contributed by atoms with Crippen LogP contribution < -0.4 is 0 Å². The zero-order valence-electron chi connectivity index (χ0n) is 6.54. The van der Waals surface area contributed by atoms with Crippen molar-refractivity contribution in [2.45, 2.75) is 26.4 Å². The highest BCUT2D eigenvalue weighted by Gasteiger charge is 2.00. The molecule has 0 aromatic heterocycles. The van der Waals surface area contributed by atoms with E-state index in [1.54, 1.807) is 0 Å². The largest absolute Gasteiger partial charge is 0.374 e. The Labute approximate surface area is 61.9 Å². The van der Waals surface area contributed by atoms with E-state index in [4.69, 9.17) is 4.74 Å². The van der Waals surface area contributed by atoms with Gasteiger partial charge in [0.25, 0.3) is 0 Å². The van der Waals surface area contributed by atoms with Crippen molar-refractivity contribution in [3.63, 3.8) is 0 Å². The summed E-state index contributed by atoms with van der Waals surface area (Å²) < 4.78 is 5.20. The van der Waals surface area contributed by atoms with Gasteiger partial charge in [0.2, 0.25) is 0 Å². The highest BCUT2D eigenvalue weighted by molar-refractivity contribution is 5.50. The molecule has 1 atom stereocenters. The van der Waals surface area contributed by atoms with Crippen molar-refractivity contribution in [3.8, 4) is 0 Å². The minimum Gasteiger partial charge on any atom is -0.374 e. The average Bonchev–Trinajstić information content (AvgIpc) is 1.90. The second-order valence-corrected chi connectivity index (χ2v) is 1.92. The summed E-state index contributed by atoms with van der Waals surface area (Å²) in [6, 6.07) is 0. The maximum atomic E-state index is 10.1. The van der Waals surface area contributed by atoms with Crippen LogP contribution in [-0.4, -0.2) is 19.0 Å². The van der Waals surface area contributed by atoms with Crippen LogP contribution in [0.4, 0.5) is 0 Å². The molecule has 0 saturated heterocycles. The maximum absolute atomic E-state index is 10.1. The van der Waals surface area contributed by atoms with E-state index in [2.05, 4.69) is 0 Å². The molecule has 0 aromatic carbocycles. The Morgan fingerprint density at radius 3 is 2.70 bits per heavy atom. The number of aldehydes is 1. The van der Waals surface area contributed by atoms with Gasteiger partial charge in [-0.05, 0) is 13.8 Å². The van der Waals surface area contributed by atoms with Gasteiger partial charge >= 0.3 is 0 Å². The van der Waals surface area contributed by atoms with E-state index in [1.807, 2.05) is 26.0 Å². The molecule has 0 aromatic rings. The van der Waals surface area contributed by atoms with Crippen molar-refractivity contribution in [1.82, 2.24) is 0 Å². The molecule has 0 heterocycles. The predicted molar refractivity (Wildman–Crippen MR) is 40.9 cm³/mol. The first-order valence-corrected chi connectivity index (χ1v) is 3.53. The highest BCUT2D eigenvalue weighted by Crippen LogP contribution is 1.97. The van der Waals surface area contributed by atoms with Crippen molar-refractivity contribution in [2.75, 3.05) is 6.61 Å². The van der Waals surface area contributed by atoms with E-state index in [1.165, 1.54) is 0 Å². The fraction of sp³-hybridized carbons (Fsp3) is 0.625. The Hall–Kier alpha value is -0.630. The van der Waals surface area contributed by atoms with E-state index >= 15 is 0 Å². The van der Waals surface area contributed by atoms with Crippen LogP contribution in [0.1, 0.15) is 20.3 Å². The first kappa shape index (κ1) is 9.37. The molecule has 0 N–H and O–H groups in total. The third-order valence-corrected chi connectivity index (χ3v) is 1.12. The summed E-state index contributed by atoms with van der Waals surface area (Å²) in [5, 5.41) is 0. The summed E-state index contributed by atoms with van der Waals surface area (Å²) in [5.41, 5.74) is 0. The zero-order valence-corrected chi connectivity index (χ0v) is 6.54. The Morgan fingerprint density at radius 2 is 2.30 bits per heavy atom. The summed E-state index contributed by atoms with van der Waals surface area (Å²) in [7, 11) is 0. The lowest BCUT2D eigenvalue weighted by atomic mass is 10.2. The smallest absolute Gasteiger partial charge is 0.122 e. The molecule has 1 unspecified atom stereocenters. The Kier molecular flexibility index (Phi) is 6.08. The molecule has 0 spiro atoms. The molecule has 0 radical (unpaired) electrons. The van der Waals surface area contributed by atoms with E-state index in [0.29, 0.717) is 13.0 Å². The fourth-order valence-corrected chi connectivity index (χ4v) is 0.726. The Morgan fingerprint density at radius 1 is 1.60 bits per heavy atom. The minimum absolute atomic E-state index is 0.0208. The number of allylic oxidation sites excluding steroid dienone is 1.